The Bertz CT molecular complexity index is 858. The number of hydrogen-bond acceptors (Lipinski definition) is 4. The van der Waals surface area contributed by atoms with Crippen molar-refractivity contribution in [3.05, 3.63) is 63.6 Å². The van der Waals surface area contributed by atoms with E-state index in [1.807, 2.05) is 35.7 Å². The molecule has 0 bridgehead atoms. The Morgan fingerprint density at radius 2 is 1.83 bits per heavy atom. The van der Waals surface area contributed by atoms with Gasteiger partial charge >= 0.3 is 0 Å². The molecule has 1 amide bonds. The van der Waals surface area contributed by atoms with Gasteiger partial charge in [-0.2, -0.15) is 0 Å². The summed E-state index contributed by atoms with van der Waals surface area (Å²) in [6, 6.07) is 13.0. The van der Waals surface area contributed by atoms with Crippen LogP contribution in [0, 0.1) is 0 Å². The summed E-state index contributed by atoms with van der Waals surface area (Å²) in [5.74, 6) is -0.197. The summed E-state index contributed by atoms with van der Waals surface area (Å²) >= 11 is 13.4. The molecule has 3 aromatic rings. The second kappa shape index (κ2) is 7.21. The molecule has 4 nitrogen and oxygen atoms in total. The number of nitrogen functional groups attached to an aromatic ring is 1. The van der Waals surface area contributed by atoms with Gasteiger partial charge in [0.1, 0.15) is 5.01 Å². The minimum Gasteiger partial charge on any atom is -0.396 e. The zero-order chi connectivity index (χ0) is 17.1. The van der Waals surface area contributed by atoms with Gasteiger partial charge in [-0.25, -0.2) is 4.98 Å². The lowest BCUT2D eigenvalue weighted by Crippen LogP contribution is -2.14. The van der Waals surface area contributed by atoms with Gasteiger partial charge in [-0.15, -0.1) is 11.3 Å². The highest BCUT2D eigenvalue weighted by atomic mass is 35.5. The van der Waals surface area contributed by atoms with E-state index < -0.39 is 0 Å². The number of benzene rings is 2. The summed E-state index contributed by atoms with van der Waals surface area (Å²) in [4.78, 5) is 16.7. The fourth-order valence-electron chi connectivity index (χ4n) is 2.13. The van der Waals surface area contributed by atoms with Crippen LogP contribution in [0.1, 0.15) is 5.69 Å². The monoisotopic (exact) mass is 377 g/mol. The van der Waals surface area contributed by atoms with Crippen molar-refractivity contribution >= 4 is 51.8 Å². The third-order valence-corrected chi connectivity index (χ3v) is 4.84. The summed E-state index contributed by atoms with van der Waals surface area (Å²) in [6.07, 6.45) is 0.170. The molecule has 3 N–H and O–H groups in total. The minimum absolute atomic E-state index is 0.170. The van der Waals surface area contributed by atoms with Crippen LogP contribution in [0.4, 0.5) is 11.4 Å². The molecule has 0 saturated carbocycles. The van der Waals surface area contributed by atoms with E-state index in [0.29, 0.717) is 27.1 Å². The molecular formula is C17H13Cl2N3OS. The molecule has 1 aromatic heterocycles. The first-order valence-corrected chi connectivity index (χ1v) is 8.70. The van der Waals surface area contributed by atoms with E-state index in [-0.39, 0.29) is 12.3 Å². The van der Waals surface area contributed by atoms with E-state index in [1.165, 1.54) is 11.3 Å². The average Bonchev–Trinajstić information content (AvgIpc) is 3.01. The predicted octanol–water partition coefficient (Wildman–Crippen LogP) is 4.88. The highest BCUT2D eigenvalue weighted by molar-refractivity contribution is 7.13. The van der Waals surface area contributed by atoms with Gasteiger partial charge in [0.15, 0.2) is 0 Å². The third-order valence-electron chi connectivity index (χ3n) is 3.28. The first-order chi connectivity index (χ1) is 11.5. The summed E-state index contributed by atoms with van der Waals surface area (Å²) in [7, 11) is 0. The molecular weight excluding hydrogens is 365 g/mol. The number of hydrogen-bond donors (Lipinski definition) is 2. The van der Waals surface area contributed by atoms with Crippen molar-refractivity contribution in [2.24, 2.45) is 0 Å². The first kappa shape index (κ1) is 16.8. The highest BCUT2D eigenvalue weighted by Gasteiger charge is 2.11. The molecule has 0 unspecified atom stereocenters. The maximum absolute atomic E-state index is 12.2. The Kier molecular flexibility index (Phi) is 5.04. The molecule has 3 rings (SSSR count). The van der Waals surface area contributed by atoms with E-state index in [1.54, 1.807) is 12.1 Å². The predicted molar refractivity (Wildman–Crippen MR) is 101 cm³/mol. The van der Waals surface area contributed by atoms with Gasteiger partial charge in [0.05, 0.1) is 27.8 Å². The molecule has 0 aliphatic carbocycles. The van der Waals surface area contributed by atoms with Gasteiger partial charge in [0.2, 0.25) is 5.91 Å². The molecule has 0 spiro atoms. The Balaban J connectivity index is 1.69. The molecule has 1 heterocycles. The van der Waals surface area contributed by atoms with Crippen molar-refractivity contribution in [1.29, 1.82) is 0 Å². The topological polar surface area (TPSA) is 68.0 Å². The van der Waals surface area contributed by atoms with Crippen molar-refractivity contribution in [2.75, 3.05) is 11.1 Å². The van der Waals surface area contributed by atoms with Gasteiger partial charge < -0.3 is 11.1 Å². The summed E-state index contributed by atoms with van der Waals surface area (Å²) in [5.41, 5.74) is 8.22. The summed E-state index contributed by atoms with van der Waals surface area (Å²) in [6.45, 7) is 0. The molecule has 24 heavy (non-hydrogen) atoms. The van der Waals surface area contributed by atoms with Crippen molar-refractivity contribution in [2.45, 2.75) is 6.42 Å². The fourth-order valence-corrected chi connectivity index (χ4v) is 3.44. The normalized spacial score (nSPS) is 10.6. The Hall–Kier alpha value is -2.08. The lowest BCUT2D eigenvalue weighted by Gasteiger charge is -2.07. The average molecular weight is 378 g/mol. The number of nitrogens with two attached hydrogens (primary N) is 1. The highest BCUT2D eigenvalue weighted by Crippen LogP contribution is 2.31. The Morgan fingerprint density at radius 1 is 1.17 bits per heavy atom. The second-order valence-electron chi connectivity index (χ2n) is 5.09. The number of halogens is 2. The molecule has 2 aromatic carbocycles. The van der Waals surface area contributed by atoms with Crippen molar-refractivity contribution in [1.82, 2.24) is 4.98 Å². The van der Waals surface area contributed by atoms with Crippen LogP contribution in [0.15, 0.2) is 47.8 Å². The molecule has 0 fully saturated rings. The third kappa shape index (κ3) is 3.87. The van der Waals surface area contributed by atoms with Gasteiger partial charge in [-0.1, -0.05) is 53.5 Å². The van der Waals surface area contributed by atoms with E-state index >= 15 is 0 Å². The van der Waals surface area contributed by atoms with Gasteiger partial charge in [-0.05, 0) is 12.1 Å². The number of carbonyl (C=O) groups excluding carboxylic acids is 1. The zero-order valence-corrected chi connectivity index (χ0v) is 14.8. The minimum atomic E-state index is -0.197. The van der Waals surface area contributed by atoms with Crippen LogP contribution in [0.5, 0.6) is 0 Å². The van der Waals surface area contributed by atoms with Crippen LogP contribution in [0.2, 0.25) is 10.0 Å². The van der Waals surface area contributed by atoms with Crippen LogP contribution >= 0.6 is 34.5 Å². The van der Waals surface area contributed by atoms with Crippen molar-refractivity contribution < 1.29 is 4.79 Å². The number of nitrogens with one attached hydrogen (secondary N) is 1. The summed E-state index contributed by atoms with van der Waals surface area (Å²) in [5, 5.41) is 6.12. The largest absolute Gasteiger partial charge is 0.396 e. The van der Waals surface area contributed by atoms with Crippen molar-refractivity contribution in [3.63, 3.8) is 0 Å². The van der Waals surface area contributed by atoms with Crippen LogP contribution in [0.25, 0.3) is 10.6 Å². The lowest BCUT2D eigenvalue weighted by atomic mass is 10.2. The van der Waals surface area contributed by atoms with Crippen LogP contribution < -0.4 is 11.1 Å². The number of thiazole rings is 1. The Morgan fingerprint density at radius 3 is 2.50 bits per heavy atom. The molecule has 7 heteroatoms. The fraction of sp³-hybridized carbons (Fsp3) is 0.0588. The van der Waals surface area contributed by atoms with E-state index in [2.05, 4.69) is 10.3 Å². The van der Waals surface area contributed by atoms with E-state index in [0.717, 1.165) is 10.6 Å². The number of anilines is 2. The standard InChI is InChI=1S/C17H13Cl2N3OS/c18-13-6-11(7-14(19)16(13)20)21-15(23)8-12-9-24-17(22-12)10-4-2-1-3-5-10/h1-7,9H,8,20H2,(H,21,23). The van der Waals surface area contributed by atoms with Gasteiger partial charge in [0, 0.05) is 16.6 Å². The molecule has 0 aliphatic rings. The van der Waals surface area contributed by atoms with Crippen LogP contribution in [0.3, 0.4) is 0 Å². The van der Waals surface area contributed by atoms with E-state index in [9.17, 15) is 4.79 Å². The molecule has 0 saturated heterocycles. The first-order valence-electron chi connectivity index (χ1n) is 7.07. The Labute approximate surface area is 153 Å². The van der Waals surface area contributed by atoms with Crippen LogP contribution in [-0.2, 0) is 11.2 Å². The maximum Gasteiger partial charge on any atom is 0.230 e. The summed E-state index contributed by atoms with van der Waals surface area (Å²) < 4.78 is 0. The number of amides is 1. The smallest absolute Gasteiger partial charge is 0.230 e. The van der Waals surface area contributed by atoms with Crippen LogP contribution in [-0.4, -0.2) is 10.9 Å². The number of rotatable bonds is 4. The zero-order valence-electron chi connectivity index (χ0n) is 12.4. The SMILES string of the molecule is Nc1c(Cl)cc(NC(=O)Cc2csc(-c3ccccc3)n2)cc1Cl. The molecule has 0 aliphatic heterocycles. The lowest BCUT2D eigenvalue weighted by molar-refractivity contribution is -0.115. The number of aromatic nitrogens is 1. The second-order valence-corrected chi connectivity index (χ2v) is 6.76. The van der Waals surface area contributed by atoms with Crippen molar-refractivity contribution in [3.8, 4) is 10.6 Å². The quantitative estimate of drug-likeness (QED) is 0.636. The molecule has 0 atom stereocenters. The maximum atomic E-state index is 12.2. The molecule has 122 valence electrons. The number of carbonyl (C=O) groups is 1. The van der Waals surface area contributed by atoms with Gasteiger partial charge in [-0.3, -0.25) is 4.79 Å². The van der Waals surface area contributed by atoms with E-state index in [4.69, 9.17) is 28.9 Å². The number of nitrogens with zero attached hydrogens (tertiary/aromatic N) is 1. The van der Waals surface area contributed by atoms with Gasteiger partial charge in [0.25, 0.3) is 0 Å². The molecule has 0 radical (unpaired) electrons.